The Morgan fingerprint density at radius 1 is 0.935 bits per heavy atom. The lowest BCUT2D eigenvalue weighted by Crippen LogP contribution is -2.52. The van der Waals surface area contributed by atoms with Gasteiger partial charge in [0.05, 0.1) is 5.56 Å². The van der Waals surface area contributed by atoms with Crippen LogP contribution in [0.1, 0.15) is 33.6 Å². The van der Waals surface area contributed by atoms with Crippen LogP contribution in [0.4, 0.5) is 5.00 Å². The topological polar surface area (TPSA) is 104 Å². The number of anilines is 1. The van der Waals surface area contributed by atoms with Crippen LogP contribution in [0.25, 0.3) is 10.4 Å². The molecule has 7 nitrogen and oxygen atoms in total. The van der Waals surface area contributed by atoms with Gasteiger partial charge in [-0.1, -0.05) is 48.5 Å². The van der Waals surface area contributed by atoms with Crippen molar-refractivity contribution in [2.75, 3.05) is 5.32 Å². The van der Waals surface area contributed by atoms with Crippen molar-refractivity contribution in [1.29, 1.82) is 0 Å². The number of thiophene rings is 1. The van der Waals surface area contributed by atoms with Crippen molar-refractivity contribution in [2.45, 2.75) is 18.9 Å². The van der Waals surface area contributed by atoms with E-state index in [1.807, 2.05) is 36.4 Å². The molecule has 1 unspecified atom stereocenters. The predicted octanol–water partition coefficient (Wildman–Crippen LogP) is 3.20. The first kappa shape index (κ1) is 20.5. The fraction of sp³-hybridized carbons (Fsp3) is 0.130. The summed E-state index contributed by atoms with van der Waals surface area (Å²) in [6, 6.07) is 19.1. The molecule has 3 aromatic rings. The standard InChI is InChI=1S/C23H19N3O4S/c27-19-12-11-17(22(30)25-19)24-21(29)16-13-18(14-7-3-1-4-8-14)31-23(16)26-20(28)15-9-5-2-6-10-15/h1-10,13,17H,11-12H2,(H,24,29)(H,26,28)(H,25,27,30). The van der Waals surface area contributed by atoms with Crippen LogP contribution in [-0.4, -0.2) is 29.7 Å². The maximum Gasteiger partial charge on any atom is 0.256 e. The molecule has 1 aromatic heterocycles. The lowest BCUT2D eigenvalue weighted by molar-refractivity contribution is -0.134. The third-order valence-electron chi connectivity index (χ3n) is 4.84. The molecule has 3 N–H and O–H groups in total. The van der Waals surface area contributed by atoms with Crippen LogP contribution in [-0.2, 0) is 9.59 Å². The molecule has 1 aliphatic rings. The zero-order valence-corrected chi connectivity index (χ0v) is 17.2. The van der Waals surface area contributed by atoms with Gasteiger partial charge in [-0.3, -0.25) is 24.5 Å². The molecule has 156 valence electrons. The van der Waals surface area contributed by atoms with Gasteiger partial charge in [0, 0.05) is 16.9 Å². The van der Waals surface area contributed by atoms with Gasteiger partial charge >= 0.3 is 0 Å². The van der Waals surface area contributed by atoms with Gasteiger partial charge in [-0.05, 0) is 30.2 Å². The second-order valence-corrected chi connectivity index (χ2v) is 8.07. The van der Waals surface area contributed by atoms with Gasteiger partial charge in [-0.2, -0.15) is 0 Å². The van der Waals surface area contributed by atoms with E-state index in [9.17, 15) is 19.2 Å². The van der Waals surface area contributed by atoms with Gasteiger partial charge in [0.25, 0.3) is 11.8 Å². The monoisotopic (exact) mass is 433 g/mol. The summed E-state index contributed by atoms with van der Waals surface area (Å²) in [5.41, 5.74) is 1.63. The SMILES string of the molecule is O=C1CCC(NC(=O)c2cc(-c3ccccc3)sc2NC(=O)c2ccccc2)C(=O)N1. The quantitative estimate of drug-likeness (QED) is 0.538. The van der Waals surface area contributed by atoms with Crippen molar-refractivity contribution in [3.8, 4) is 10.4 Å². The molecular formula is C23H19N3O4S. The van der Waals surface area contributed by atoms with Crippen LogP contribution in [0.2, 0.25) is 0 Å². The Morgan fingerprint density at radius 2 is 1.61 bits per heavy atom. The van der Waals surface area contributed by atoms with Gasteiger partial charge in [-0.15, -0.1) is 11.3 Å². The van der Waals surface area contributed by atoms with E-state index in [0.29, 0.717) is 10.6 Å². The van der Waals surface area contributed by atoms with E-state index in [2.05, 4.69) is 16.0 Å². The van der Waals surface area contributed by atoms with E-state index in [4.69, 9.17) is 0 Å². The van der Waals surface area contributed by atoms with E-state index in [-0.39, 0.29) is 30.2 Å². The molecule has 4 rings (SSSR count). The third kappa shape index (κ3) is 4.70. The molecule has 31 heavy (non-hydrogen) atoms. The summed E-state index contributed by atoms with van der Waals surface area (Å²) in [6.45, 7) is 0. The van der Waals surface area contributed by atoms with Crippen molar-refractivity contribution >= 4 is 40.0 Å². The average Bonchev–Trinajstić information content (AvgIpc) is 3.21. The summed E-state index contributed by atoms with van der Waals surface area (Å²) >= 11 is 1.28. The Balaban J connectivity index is 1.62. The number of carbonyl (C=O) groups excluding carboxylic acids is 4. The molecule has 2 aromatic carbocycles. The van der Waals surface area contributed by atoms with Crippen LogP contribution in [0.15, 0.2) is 66.7 Å². The van der Waals surface area contributed by atoms with Crippen LogP contribution >= 0.6 is 11.3 Å². The number of imide groups is 1. The van der Waals surface area contributed by atoms with E-state index in [1.54, 1.807) is 30.3 Å². The largest absolute Gasteiger partial charge is 0.340 e. The summed E-state index contributed by atoms with van der Waals surface area (Å²) in [4.78, 5) is 49.9. The Hall–Kier alpha value is -3.78. The zero-order chi connectivity index (χ0) is 21.8. The van der Waals surface area contributed by atoms with Gasteiger partial charge in [0.15, 0.2) is 0 Å². The lowest BCUT2D eigenvalue weighted by atomic mass is 10.1. The highest BCUT2D eigenvalue weighted by atomic mass is 32.1. The van der Waals surface area contributed by atoms with Gasteiger partial charge in [-0.25, -0.2) is 0 Å². The predicted molar refractivity (Wildman–Crippen MR) is 118 cm³/mol. The zero-order valence-electron chi connectivity index (χ0n) is 16.4. The molecule has 0 spiro atoms. The van der Waals surface area contributed by atoms with Crippen molar-refractivity contribution in [3.63, 3.8) is 0 Å². The Bertz CT molecular complexity index is 1140. The molecule has 1 aliphatic heterocycles. The normalized spacial score (nSPS) is 15.8. The minimum absolute atomic E-state index is 0.160. The van der Waals surface area contributed by atoms with Gasteiger partial charge < -0.3 is 10.6 Å². The minimum atomic E-state index is -0.803. The molecule has 0 bridgehead atoms. The summed E-state index contributed by atoms with van der Waals surface area (Å²) in [5.74, 6) is -1.71. The number of nitrogens with one attached hydrogen (secondary N) is 3. The van der Waals surface area contributed by atoms with Gasteiger partial charge in [0.2, 0.25) is 11.8 Å². The van der Waals surface area contributed by atoms with E-state index < -0.39 is 17.9 Å². The second kappa shape index (κ2) is 8.93. The van der Waals surface area contributed by atoms with Crippen LogP contribution in [0, 0.1) is 0 Å². The summed E-state index contributed by atoms with van der Waals surface area (Å²) in [6.07, 6.45) is 0.394. The molecule has 8 heteroatoms. The number of carbonyl (C=O) groups is 4. The number of piperidine rings is 1. The maximum atomic E-state index is 13.0. The number of benzene rings is 2. The number of hydrogen-bond donors (Lipinski definition) is 3. The highest BCUT2D eigenvalue weighted by Gasteiger charge is 2.29. The molecule has 0 radical (unpaired) electrons. The Morgan fingerprint density at radius 3 is 2.29 bits per heavy atom. The first-order chi connectivity index (χ1) is 15.0. The number of amides is 4. The van der Waals surface area contributed by atoms with Crippen molar-refractivity contribution in [1.82, 2.24) is 10.6 Å². The molecule has 0 saturated carbocycles. The molecule has 1 fully saturated rings. The van der Waals surface area contributed by atoms with Crippen molar-refractivity contribution in [2.24, 2.45) is 0 Å². The lowest BCUT2D eigenvalue weighted by Gasteiger charge is -2.21. The smallest absolute Gasteiger partial charge is 0.256 e. The molecule has 4 amide bonds. The summed E-state index contributed by atoms with van der Waals surface area (Å²) < 4.78 is 0. The van der Waals surface area contributed by atoms with E-state index >= 15 is 0 Å². The number of rotatable bonds is 5. The first-order valence-electron chi connectivity index (χ1n) is 9.71. The van der Waals surface area contributed by atoms with E-state index in [1.165, 1.54) is 11.3 Å². The van der Waals surface area contributed by atoms with Gasteiger partial charge in [0.1, 0.15) is 11.0 Å². The molecule has 1 atom stereocenters. The Labute approximate surface area is 182 Å². The second-order valence-electron chi connectivity index (χ2n) is 7.02. The average molecular weight is 433 g/mol. The highest BCUT2D eigenvalue weighted by molar-refractivity contribution is 7.20. The minimum Gasteiger partial charge on any atom is -0.340 e. The fourth-order valence-corrected chi connectivity index (χ4v) is 4.29. The highest BCUT2D eigenvalue weighted by Crippen LogP contribution is 2.36. The van der Waals surface area contributed by atoms with Crippen molar-refractivity contribution < 1.29 is 19.2 Å². The molecular weight excluding hydrogens is 414 g/mol. The maximum absolute atomic E-state index is 13.0. The van der Waals surface area contributed by atoms with Crippen molar-refractivity contribution in [3.05, 3.63) is 77.9 Å². The van der Waals surface area contributed by atoms with E-state index in [0.717, 1.165) is 10.4 Å². The Kier molecular flexibility index (Phi) is 5.90. The van der Waals surface area contributed by atoms with Crippen LogP contribution in [0.5, 0.6) is 0 Å². The molecule has 0 aliphatic carbocycles. The molecule has 1 saturated heterocycles. The fourth-order valence-electron chi connectivity index (χ4n) is 3.23. The third-order valence-corrected chi connectivity index (χ3v) is 5.94. The number of hydrogen-bond acceptors (Lipinski definition) is 5. The summed E-state index contributed by atoms with van der Waals surface area (Å²) in [5, 5.41) is 8.11. The summed E-state index contributed by atoms with van der Waals surface area (Å²) in [7, 11) is 0. The first-order valence-corrected chi connectivity index (χ1v) is 10.5. The van der Waals surface area contributed by atoms with Crippen LogP contribution < -0.4 is 16.0 Å². The van der Waals surface area contributed by atoms with Crippen LogP contribution in [0.3, 0.4) is 0 Å². The molecule has 2 heterocycles.